The first kappa shape index (κ1) is 12.2. The van der Waals surface area contributed by atoms with E-state index in [2.05, 4.69) is 0 Å². The predicted octanol–water partition coefficient (Wildman–Crippen LogP) is 3.21. The molecule has 0 heterocycles. The number of ketones is 1. The highest BCUT2D eigenvalue weighted by molar-refractivity contribution is 5.96. The summed E-state index contributed by atoms with van der Waals surface area (Å²) in [6.07, 6.45) is 2.59. The van der Waals surface area contributed by atoms with Gasteiger partial charge in [0, 0.05) is 13.0 Å². The number of halogens is 1. The van der Waals surface area contributed by atoms with Gasteiger partial charge < -0.3 is 4.74 Å². The molecule has 0 N–H and O–H groups in total. The molecule has 1 aliphatic rings. The molecular formula is C14H17FO2. The van der Waals surface area contributed by atoms with Crippen molar-refractivity contribution in [3.05, 3.63) is 35.6 Å². The fraction of sp³-hybridized carbons (Fsp3) is 0.500. The van der Waals surface area contributed by atoms with Crippen LogP contribution in [0.25, 0.3) is 0 Å². The summed E-state index contributed by atoms with van der Waals surface area (Å²) in [5.74, 6) is -0.153. The van der Waals surface area contributed by atoms with Crippen LogP contribution in [-0.2, 0) is 4.74 Å². The Labute approximate surface area is 101 Å². The summed E-state index contributed by atoms with van der Waals surface area (Å²) in [5.41, 5.74) is 0.215. The zero-order chi connectivity index (χ0) is 12.3. The topological polar surface area (TPSA) is 26.3 Å². The smallest absolute Gasteiger partial charge is 0.166 e. The molecule has 1 fully saturated rings. The van der Waals surface area contributed by atoms with Crippen LogP contribution in [0.15, 0.2) is 24.3 Å². The number of hydrogen-bond acceptors (Lipinski definition) is 2. The fourth-order valence-corrected chi connectivity index (χ4v) is 2.27. The second-order valence-corrected chi connectivity index (χ2v) is 4.52. The lowest BCUT2D eigenvalue weighted by Crippen LogP contribution is -2.32. The molecule has 92 valence electrons. The SMILES string of the molecule is CCOC1CC(CC(=O)c2ccccc2F)C1. The fourth-order valence-electron chi connectivity index (χ4n) is 2.27. The Morgan fingerprint density at radius 3 is 2.76 bits per heavy atom. The van der Waals surface area contributed by atoms with Crippen LogP contribution in [0.3, 0.4) is 0 Å². The molecule has 2 rings (SSSR count). The maximum absolute atomic E-state index is 13.4. The molecule has 0 atom stereocenters. The van der Waals surface area contributed by atoms with E-state index in [1.54, 1.807) is 18.2 Å². The molecule has 1 aliphatic carbocycles. The summed E-state index contributed by atoms with van der Waals surface area (Å²) < 4.78 is 18.8. The summed E-state index contributed by atoms with van der Waals surface area (Å²) >= 11 is 0. The number of rotatable bonds is 5. The van der Waals surface area contributed by atoms with Gasteiger partial charge in [0.05, 0.1) is 11.7 Å². The van der Waals surface area contributed by atoms with E-state index in [0.29, 0.717) is 18.4 Å². The highest BCUT2D eigenvalue weighted by atomic mass is 19.1. The largest absolute Gasteiger partial charge is 0.378 e. The molecule has 17 heavy (non-hydrogen) atoms. The monoisotopic (exact) mass is 236 g/mol. The minimum Gasteiger partial charge on any atom is -0.378 e. The lowest BCUT2D eigenvalue weighted by atomic mass is 9.78. The Bertz CT molecular complexity index is 397. The predicted molar refractivity (Wildman–Crippen MR) is 63.5 cm³/mol. The van der Waals surface area contributed by atoms with E-state index < -0.39 is 5.82 Å². The first-order chi connectivity index (χ1) is 8.20. The van der Waals surface area contributed by atoms with Gasteiger partial charge in [-0.15, -0.1) is 0 Å². The first-order valence-corrected chi connectivity index (χ1v) is 6.10. The van der Waals surface area contributed by atoms with E-state index in [4.69, 9.17) is 4.74 Å². The molecule has 0 saturated heterocycles. The molecule has 0 unspecified atom stereocenters. The molecule has 0 aliphatic heterocycles. The Morgan fingerprint density at radius 1 is 1.41 bits per heavy atom. The van der Waals surface area contributed by atoms with E-state index >= 15 is 0 Å². The van der Waals surface area contributed by atoms with Gasteiger partial charge in [0.25, 0.3) is 0 Å². The van der Waals surface area contributed by atoms with Crippen LogP contribution < -0.4 is 0 Å². The average molecular weight is 236 g/mol. The van der Waals surface area contributed by atoms with Crippen molar-refractivity contribution in [2.75, 3.05) is 6.61 Å². The van der Waals surface area contributed by atoms with Crippen molar-refractivity contribution in [3.8, 4) is 0 Å². The maximum atomic E-state index is 13.4. The molecule has 0 aromatic heterocycles. The van der Waals surface area contributed by atoms with E-state index in [9.17, 15) is 9.18 Å². The summed E-state index contributed by atoms with van der Waals surface area (Å²) in [4.78, 5) is 11.9. The van der Waals surface area contributed by atoms with Gasteiger partial charge in [-0.05, 0) is 37.8 Å². The molecule has 0 spiro atoms. The summed E-state index contributed by atoms with van der Waals surface area (Å²) in [7, 11) is 0. The lowest BCUT2D eigenvalue weighted by molar-refractivity contribution is -0.0246. The van der Waals surface area contributed by atoms with Crippen molar-refractivity contribution >= 4 is 5.78 Å². The second kappa shape index (κ2) is 5.41. The average Bonchev–Trinajstić information content (AvgIpc) is 2.26. The molecule has 1 aromatic carbocycles. The van der Waals surface area contributed by atoms with E-state index in [1.807, 2.05) is 6.92 Å². The van der Waals surface area contributed by atoms with Crippen molar-refractivity contribution in [2.24, 2.45) is 5.92 Å². The Morgan fingerprint density at radius 2 is 2.12 bits per heavy atom. The highest BCUT2D eigenvalue weighted by Gasteiger charge is 2.31. The molecule has 3 heteroatoms. The number of benzene rings is 1. The van der Waals surface area contributed by atoms with Crippen LogP contribution in [-0.4, -0.2) is 18.5 Å². The molecule has 0 bridgehead atoms. The van der Waals surface area contributed by atoms with Crippen LogP contribution >= 0.6 is 0 Å². The number of Topliss-reactive ketones (excluding diaryl/α,β-unsaturated/α-hetero) is 1. The number of carbonyl (C=O) groups excluding carboxylic acids is 1. The molecule has 1 aromatic rings. The second-order valence-electron chi connectivity index (χ2n) is 4.52. The zero-order valence-electron chi connectivity index (χ0n) is 9.99. The standard InChI is InChI=1S/C14H17FO2/c1-2-17-11-7-10(8-11)9-14(16)12-5-3-4-6-13(12)15/h3-6,10-11H,2,7-9H2,1H3. The Hall–Kier alpha value is -1.22. The first-order valence-electron chi connectivity index (χ1n) is 6.10. The lowest BCUT2D eigenvalue weighted by Gasteiger charge is -2.34. The van der Waals surface area contributed by atoms with Crippen LogP contribution in [0.5, 0.6) is 0 Å². The highest BCUT2D eigenvalue weighted by Crippen LogP contribution is 2.33. The summed E-state index contributed by atoms with van der Waals surface area (Å²) in [5, 5.41) is 0. The number of hydrogen-bond donors (Lipinski definition) is 0. The van der Waals surface area contributed by atoms with Gasteiger partial charge in [0.2, 0.25) is 0 Å². The van der Waals surface area contributed by atoms with Crippen molar-refractivity contribution < 1.29 is 13.9 Å². The molecular weight excluding hydrogens is 219 g/mol. The van der Waals surface area contributed by atoms with Crippen molar-refractivity contribution in [1.29, 1.82) is 0 Å². The van der Waals surface area contributed by atoms with Crippen LogP contribution in [0, 0.1) is 11.7 Å². The minimum absolute atomic E-state index is 0.0944. The Balaban J connectivity index is 1.85. The number of ether oxygens (including phenoxy) is 1. The van der Waals surface area contributed by atoms with Gasteiger partial charge in [0.15, 0.2) is 5.78 Å². The van der Waals surface area contributed by atoms with E-state index in [1.165, 1.54) is 6.07 Å². The zero-order valence-corrected chi connectivity index (χ0v) is 9.99. The van der Waals surface area contributed by atoms with E-state index in [-0.39, 0.29) is 11.3 Å². The summed E-state index contributed by atoms with van der Waals surface area (Å²) in [6, 6.07) is 6.17. The summed E-state index contributed by atoms with van der Waals surface area (Å²) in [6.45, 7) is 2.69. The van der Waals surface area contributed by atoms with E-state index in [0.717, 1.165) is 19.4 Å². The van der Waals surface area contributed by atoms with Crippen LogP contribution in [0.1, 0.15) is 36.5 Å². The molecule has 0 amide bonds. The van der Waals surface area contributed by atoms with Gasteiger partial charge >= 0.3 is 0 Å². The third kappa shape index (κ3) is 2.91. The molecule has 1 saturated carbocycles. The third-order valence-corrected chi connectivity index (χ3v) is 3.24. The minimum atomic E-state index is -0.418. The maximum Gasteiger partial charge on any atom is 0.166 e. The van der Waals surface area contributed by atoms with Crippen molar-refractivity contribution in [3.63, 3.8) is 0 Å². The van der Waals surface area contributed by atoms with Crippen LogP contribution in [0.2, 0.25) is 0 Å². The van der Waals surface area contributed by atoms with Crippen molar-refractivity contribution in [2.45, 2.75) is 32.3 Å². The molecule has 0 radical (unpaired) electrons. The van der Waals surface area contributed by atoms with Gasteiger partial charge in [-0.3, -0.25) is 4.79 Å². The molecule has 2 nitrogen and oxygen atoms in total. The quantitative estimate of drug-likeness (QED) is 0.734. The third-order valence-electron chi connectivity index (χ3n) is 3.24. The van der Waals surface area contributed by atoms with Gasteiger partial charge in [0.1, 0.15) is 5.82 Å². The van der Waals surface area contributed by atoms with Gasteiger partial charge in [-0.25, -0.2) is 4.39 Å². The van der Waals surface area contributed by atoms with Crippen molar-refractivity contribution in [1.82, 2.24) is 0 Å². The normalized spacial score (nSPS) is 23.2. The van der Waals surface area contributed by atoms with Crippen LogP contribution in [0.4, 0.5) is 4.39 Å². The Kier molecular flexibility index (Phi) is 3.89. The number of carbonyl (C=O) groups is 1. The van der Waals surface area contributed by atoms with Gasteiger partial charge in [-0.1, -0.05) is 12.1 Å². The van der Waals surface area contributed by atoms with Gasteiger partial charge in [-0.2, -0.15) is 0 Å².